The van der Waals surface area contributed by atoms with Gasteiger partial charge in [0.2, 0.25) is 5.13 Å². The fourth-order valence-corrected chi connectivity index (χ4v) is 3.53. The average Bonchev–Trinajstić information content (AvgIpc) is 2.80. The monoisotopic (exact) mass is 330 g/mol. The van der Waals surface area contributed by atoms with Crippen LogP contribution in [-0.4, -0.2) is 25.2 Å². The highest BCUT2D eigenvalue weighted by Crippen LogP contribution is 2.22. The second kappa shape index (κ2) is 6.46. The summed E-state index contributed by atoms with van der Waals surface area (Å²) < 4.78 is 40.5. The molecule has 21 heavy (non-hydrogen) atoms. The fraction of sp³-hybridized carbons (Fsp3) is 0.333. The lowest BCUT2D eigenvalue weighted by Gasteiger charge is -2.08. The van der Waals surface area contributed by atoms with Crippen molar-refractivity contribution in [1.82, 2.24) is 15.5 Å². The van der Waals surface area contributed by atoms with Crippen molar-refractivity contribution >= 4 is 26.5 Å². The van der Waals surface area contributed by atoms with Gasteiger partial charge in [-0.25, -0.2) is 12.8 Å². The SMILES string of the molecule is CCNCc1ccc(S(=O)(=O)Nc2nnc(C)s2)c(F)c1. The maximum atomic E-state index is 14.0. The van der Waals surface area contributed by atoms with Crippen LogP contribution < -0.4 is 10.0 Å². The Labute approximate surface area is 126 Å². The Balaban J connectivity index is 2.23. The van der Waals surface area contributed by atoms with Crippen LogP contribution >= 0.6 is 11.3 Å². The van der Waals surface area contributed by atoms with Gasteiger partial charge in [0.15, 0.2) is 0 Å². The predicted molar refractivity (Wildman–Crippen MR) is 79.2 cm³/mol. The minimum atomic E-state index is -4.01. The molecule has 0 fully saturated rings. The van der Waals surface area contributed by atoms with E-state index >= 15 is 0 Å². The smallest absolute Gasteiger partial charge is 0.266 e. The number of halogens is 1. The molecule has 2 N–H and O–H groups in total. The van der Waals surface area contributed by atoms with Crippen LogP contribution in [0.3, 0.4) is 0 Å². The fourth-order valence-electron chi connectivity index (χ4n) is 1.65. The summed E-state index contributed by atoms with van der Waals surface area (Å²) in [5, 5.41) is 11.1. The van der Waals surface area contributed by atoms with Gasteiger partial charge in [0.25, 0.3) is 10.0 Å². The molecule has 0 saturated heterocycles. The van der Waals surface area contributed by atoms with E-state index in [0.29, 0.717) is 17.1 Å². The summed E-state index contributed by atoms with van der Waals surface area (Å²) in [7, 11) is -4.01. The molecule has 1 aromatic carbocycles. The molecule has 2 rings (SSSR count). The largest absolute Gasteiger partial charge is 0.313 e. The summed E-state index contributed by atoms with van der Waals surface area (Å²) in [6.07, 6.45) is 0. The summed E-state index contributed by atoms with van der Waals surface area (Å²) in [6.45, 7) is 4.87. The van der Waals surface area contributed by atoms with Crippen molar-refractivity contribution in [2.45, 2.75) is 25.3 Å². The van der Waals surface area contributed by atoms with E-state index in [1.807, 2.05) is 6.92 Å². The number of anilines is 1. The van der Waals surface area contributed by atoms with E-state index in [2.05, 4.69) is 20.2 Å². The number of aromatic nitrogens is 2. The van der Waals surface area contributed by atoms with E-state index in [9.17, 15) is 12.8 Å². The van der Waals surface area contributed by atoms with E-state index in [1.165, 1.54) is 12.1 Å². The molecule has 1 aromatic heterocycles. The van der Waals surface area contributed by atoms with Crippen LogP contribution in [0, 0.1) is 12.7 Å². The standard InChI is InChI=1S/C12H15FN4O2S2/c1-3-14-7-9-4-5-11(10(13)6-9)21(18,19)17-12-16-15-8(2)20-12/h4-6,14H,3,7H2,1-2H3,(H,16,17). The van der Waals surface area contributed by atoms with E-state index in [-0.39, 0.29) is 5.13 Å². The molecule has 6 nitrogen and oxygen atoms in total. The third kappa shape index (κ3) is 3.96. The maximum Gasteiger partial charge on any atom is 0.266 e. The zero-order chi connectivity index (χ0) is 15.5. The lowest BCUT2D eigenvalue weighted by atomic mass is 10.2. The second-order valence-corrected chi connectivity index (χ2v) is 7.11. The Morgan fingerprint density at radius 2 is 2.10 bits per heavy atom. The van der Waals surface area contributed by atoms with Crippen LogP contribution in [-0.2, 0) is 16.6 Å². The molecular formula is C12H15FN4O2S2. The number of nitrogens with one attached hydrogen (secondary N) is 2. The summed E-state index contributed by atoms with van der Waals surface area (Å²) in [6, 6.07) is 4.03. The average molecular weight is 330 g/mol. The quantitative estimate of drug-likeness (QED) is 0.845. The first-order valence-corrected chi connectivity index (χ1v) is 8.54. The molecule has 0 aliphatic rings. The van der Waals surface area contributed by atoms with Crippen LogP contribution in [0.1, 0.15) is 17.5 Å². The number of rotatable bonds is 6. The van der Waals surface area contributed by atoms with Crippen molar-refractivity contribution in [3.63, 3.8) is 0 Å². The van der Waals surface area contributed by atoms with E-state index in [1.54, 1.807) is 13.0 Å². The van der Waals surface area contributed by atoms with Crippen molar-refractivity contribution in [1.29, 1.82) is 0 Å². The number of nitrogens with zero attached hydrogens (tertiary/aromatic N) is 2. The van der Waals surface area contributed by atoms with Gasteiger partial charge < -0.3 is 5.32 Å². The predicted octanol–water partition coefficient (Wildman–Crippen LogP) is 1.90. The molecule has 2 aromatic rings. The number of sulfonamides is 1. The third-order valence-electron chi connectivity index (χ3n) is 2.61. The van der Waals surface area contributed by atoms with E-state index < -0.39 is 20.7 Å². The van der Waals surface area contributed by atoms with Gasteiger partial charge in [0.05, 0.1) is 0 Å². The van der Waals surface area contributed by atoms with Gasteiger partial charge in [-0.05, 0) is 31.2 Å². The highest BCUT2D eigenvalue weighted by atomic mass is 32.2. The molecule has 0 aliphatic heterocycles. The number of hydrogen-bond donors (Lipinski definition) is 2. The summed E-state index contributed by atoms with van der Waals surface area (Å²) in [5.41, 5.74) is 0.681. The topological polar surface area (TPSA) is 84.0 Å². The molecule has 0 saturated carbocycles. The second-order valence-electron chi connectivity index (χ2n) is 4.28. The number of benzene rings is 1. The van der Waals surface area contributed by atoms with Crippen LogP contribution in [0.15, 0.2) is 23.1 Å². The number of aryl methyl sites for hydroxylation is 1. The first-order valence-electron chi connectivity index (χ1n) is 6.24. The molecule has 0 radical (unpaired) electrons. The van der Waals surface area contributed by atoms with Crippen molar-refractivity contribution in [2.75, 3.05) is 11.3 Å². The normalized spacial score (nSPS) is 11.6. The van der Waals surface area contributed by atoms with Crippen LogP contribution in [0.5, 0.6) is 0 Å². The zero-order valence-corrected chi connectivity index (χ0v) is 13.2. The Kier molecular flexibility index (Phi) is 4.86. The van der Waals surface area contributed by atoms with Gasteiger partial charge in [-0.3, -0.25) is 4.72 Å². The van der Waals surface area contributed by atoms with Crippen molar-refractivity contribution in [2.24, 2.45) is 0 Å². The van der Waals surface area contributed by atoms with Gasteiger partial charge in [0.1, 0.15) is 15.7 Å². The van der Waals surface area contributed by atoms with E-state index in [0.717, 1.165) is 17.9 Å². The third-order valence-corrected chi connectivity index (χ3v) is 4.87. The first kappa shape index (κ1) is 15.8. The molecule has 0 aliphatic carbocycles. The van der Waals surface area contributed by atoms with Gasteiger partial charge in [-0.15, -0.1) is 10.2 Å². The molecule has 0 unspecified atom stereocenters. The minimum absolute atomic E-state index is 0.114. The van der Waals surface area contributed by atoms with Crippen LogP contribution in [0.2, 0.25) is 0 Å². The van der Waals surface area contributed by atoms with Crippen LogP contribution in [0.4, 0.5) is 9.52 Å². The summed E-state index contributed by atoms with van der Waals surface area (Å²) in [4.78, 5) is -0.407. The van der Waals surface area contributed by atoms with Gasteiger partial charge in [-0.1, -0.05) is 24.3 Å². The van der Waals surface area contributed by atoms with Gasteiger partial charge in [0, 0.05) is 6.54 Å². The Hall–Kier alpha value is -1.58. The molecule has 0 bridgehead atoms. The van der Waals surface area contributed by atoms with Crippen molar-refractivity contribution in [3.8, 4) is 0 Å². The summed E-state index contributed by atoms with van der Waals surface area (Å²) >= 11 is 1.08. The molecule has 0 spiro atoms. The van der Waals surface area contributed by atoms with Gasteiger partial charge in [-0.2, -0.15) is 0 Å². The lowest BCUT2D eigenvalue weighted by molar-refractivity contribution is 0.567. The molecule has 0 amide bonds. The molecule has 0 atom stereocenters. The maximum absolute atomic E-state index is 14.0. The van der Waals surface area contributed by atoms with Crippen LogP contribution in [0.25, 0.3) is 0 Å². The number of hydrogen-bond acceptors (Lipinski definition) is 6. The highest BCUT2D eigenvalue weighted by Gasteiger charge is 2.21. The van der Waals surface area contributed by atoms with Gasteiger partial charge >= 0.3 is 0 Å². The first-order chi connectivity index (χ1) is 9.92. The molecule has 9 heteroatoms. The van der Waals surface area contributed by atoms with Crippen molar-refractivity contribution < 1.29 is 12.8 Å². The Bertz CT molecular complexity index is 731. The zero-order valence-electron chi connectivity index (χ0n) is 11.6. The molecule has 114 valence electrons. The Morgan fingerprint density at radius 3 is 2.67 bits per heavy atom. The molecule has 1 heterocycles. The Morgan fingerprint density at radius 1 is 1.33 bits per heavy atom. The lowest BCUT2D eigenvalue weighted by Crippen LogP contribution is -2.16. The van der Waals surface area contributed by atoms with E-state index in [4.69, 9.17) is 0 Å². The minimum Gasteiger partial charge on any atom is -0.313 e. The highest BCUT2D eigenvalue weighted by molar-refractivity contribution is 7.93. The van der Waals surface area contributed by atoms with Crippen molar-refractivity contribution in [3.05, 3.63) is 34.6 Å². The molecular weight excluding hydrogens is 315 g/mol. The summed E-state index contributed by atoms with van der Waals surface area (Å²) in [5.74, 6) is -0.792.